The summed E-state index contributed by atoms with van der Waals surface area (Å²) in [6.07, 6.45) is 2.66. The van der Waals surface area contributed by atoms with Crippen molar-refractivity contribution in [1.82, 2.24) is 4.90 Å². The lowest BCUT2D eigenvalue weighted by Crippen LogP contribution is -2.29. The number of hydrogen-bond donors (Lipinski definition) is 0. The lowest BCUT2D eigenvalue weighted by atomic mass is 10.2. The molecular formula is C14H14BrNO2S2. The molecule has 1 amide bonds. The minimum atomic E-state index is -0.0148. The van der Waals surface area contributed by atoms with E-state index in [1.165, 1.54) is 11.8 Å². The summed E-state index contributed by atoms with van der Waals surface area (Å²) in [4.78, 5) is 14.6. The Balaban J connectivity index is 2.09. The predicted molar refractivity (Wildman–Crippen MR) is 90.5 cm³/mol. The van der Waals surface area contributed by atoms with Crippen LogP contribution in [0.4, 0.5) is 0 Å². The number of carbonyl (C=O) groups excluding carboxylic acids is 1. The van der Waals surface area contributed by atoms with Crippen LogP contribution in [-0.4, -0.2) is 35.4 Å². The molecule has 1 fully saturated rings. The van der Waals surface area contributed by atoms with Gasteiger partial charge in [0.15, 0.2) is 0 Å². The monoisotopic (exact) mass is 371 g/mol. The third-order valence-corrected chi connectivity index (χ3v) is 4.68. The summed E-state index contributed by atoms with van der Waals surface area (Å²) in [5, 5.41) is 0. The second-order valence-corrected chi connectivity index (χ2v) is 6.82. The minimum absolute atomic E-state index is 0.0148. The smallest absolute Gasteiger partial charge is 0.266 e. The van der Waals surface area contributed by atoms with E-state index in [2.05, 4.69) is 15.9 Å². The summed E-state index contributed by atoms with van der Waals surface area (Å²) < 4.78 is 6.63. The molecule has 0 spiro atoms. The molecule has 106 valence electrons. The number of nitrogens with zero attached hydrogens (tertiary/aromatic N) is 1. The Bertz CT molecular complexity index is 543. The quantitative estimate of drug-likeness (QED) is 0.448. The topological polar surface area (TPSA) is 29.5 Å². The van der Waals surface area contributed by atoms with Crippen LogP contribution >= 0.6 is 39.9 Å². The summed E-state index contributed by atoms with van der Waals surface area (Å²) in [5.74, 6) is -0.0148. The van der Waals surface area contributed by atoms with Crippen molar-refractivity contribution >= 4 is 56.2 Å². The highest BCUT2D eigenvalue weighted by Gasteiger charge is 2.31. The van der Waals surface area contributed by atoms with E-state index in [0.29, 0.717) is 22.4 Å². The van der Waals surface area contributed by atoms with E-state index >= 15 is 0 Å². The Labute approximate surface area is 136 Å². The number of methoxy groups -OCH3 is 1. The zero-order valence-corrected chi connectivity index (χ0v) is 14.2. The van der Waals surface area contributed by atoms with E-state index in [1.807, 2.05) is 30.3 Å². The van der Waals surface area contributed by atoms with Crippen LogP contribution in [0.3, 0.4) is 0 Å². The zero-order chi connectivity index (χ0) is 14.5. The first-order chi connectivity index (χ1) is 9.61. The highest BCUT2D eigenvalue weighted by molar-refractivity contribution is 9.10. The van der Waals surface area contributed by atoms with Crippen LogP contribution < -0.4 is 0 Å². The van der Waals surface area contributed by atoms with E-state index in [-0.39, 0.29) is 5.91 Å². The van der Waals surface area contributed by atoms with E-state index in [0.717, 1.165) is 16.5 Å². The molecule has 0 N–H and O–H groups in total. The number of ether oxygens (including phenoxy) is 1. The lowest BCUT2D eigenvalue weighted by Gasteiger charge is -2.13. The van der Waals surface area contributed by atoms with Crippen LogP contribution in [0, 0.1) is 0 Å². The molecule has 0 bridgehead atoms. The van der Waals surface area contributed by atoms with Gasteiger partial charge in [-0.05, 0) is 30.2 Å². The molecule has 0 unspecified atom stereocenters. The molecule has 3 nitrogen and oxygen atoms in total. The van der Waals surface area contributed by atoms with E-state index in [4.69, 9.17) is 17.0 Å². The van der Waals surface area contributed by atoms with Gasteiger partial charge in [0.05, 0.1) is 4.91 Å². The second-order valence-electron chi connectivity index (χ2n) is 4.23. The summed E-state index contributed by atoms with van der Waals surface area (Å²) in [7, 11) is 1.65. The molecule has 20 heavy (non-hydrogen) atoms. The normalized spacial score (nSPS) is 17.3. The maximum absolute atomic E-state index is 12.3. The molecule has 0 atom stereocenters. The largest absolute Gasteiger partial charge is 0.385 e. The molecule has 1 saturated heterocycles. The van der Waals surface area contributed by atoms with Crippen LogP contribution in [0.1, 0.15) is 12.0 Å². The van der Waals surface area contributed by atoms with Crippen LogP contribution in [0.2, 0.25) is 0 Å². The molecular weight excluding hydrogens is 358 g/mol. The first-order valence-electron chi connectivity index (χ1n) is 6.11. The van der Waals surface area contributed by atoms with Gasteiger partial charge in [0.2, 0.25) is 0 Å². The first-order valence-corrected chi connectivity index (χ1v) is 8.13. The van der Waals surface area contributed by atoms with Gasteiger partial charge in [-0.15, -0.1) is 0 Å². The predicted octanol–water partition coefficient (Wildman–Crippen LogP) is 3.69. The van der Waals surface area contributed by atoms with Crippen molar-refractivity contribution in [3.8, 4) is 0 Å². The summed E-state index contributed by atoms with van der Waals surface area (Å²) >= 11 is 10.0. The van der Waals surface area contributed by atoms with E-state index < -0.39 is 0 Å². The number of hydrogen-bond acceptors (Lipinski definition) is 4. The van der Waals surface area contributed by atoms with Crippen LogP contribution in [-0.2, 0) is 9.53 Å². The molecule has 0 saturated carbocycles. The summed E-state index contributed by atoms with van der Waals surface area (Å²) in [6.45, 7) is 1.24. The third kappa shape index (κ3) is 3.91. The molecule has 1 aromatic rings. The Morgan fingerprint density at radius 1 is 1.40 bits per heavy atom. The van der Waals surface area contributed by atoms with E-state index in [9.17, 15) is 4.79 Å². The zero-order valence-electron chi connectivity index (χ0n) is 11.0. The Morgan fingerprint density at radius 2 is 2.10 bits per heavy atom. The number of benzene rings is 1. The van der Waals surface area contributed by atoms with Crippen molar-refractivity contribution in [3.05, 3.63) is 39.2 Å². The molecule has 1 aromatic carbocycles. The number of thiocarbonyl (C=S) groups is 1. The van der Waals surface area contributed by atoms with Gasteiger partial charge >= 0.3 is 0 Å². The number of rotatable bonds is 5. The molecule has 0 aliphatic carbocycles. The first kappa shape index (κ1) is 15.7. The van der Waals surface area contributed by atoms with Crippen molar-refractivity contribution in [2.24, 2.45) is 0 Å². The van der Waals surface area contributed by atoms with Gasteiger partial charge in [-0.2, -0.15) is 0 Å². The average Bonchev–Trinajstić information content (AvgIpc) is 2.69. The van der Waals surface area contributed by atoms with Gasteiger partial charge in [-0.3, -0.25) is 9.69 Å². The van der Waals surface area contributed by atoms with Crippen molar-refractivity contribution in [3.63, 3.8) is 0 Å². The highest BCUT2D eigenvalue weighted by Crippen LogP contribution is 2.32. The summed E-state index contributed by atoms with van der Waals surface area (Å²) in [6, 6.07) is 7.82. The molecule has 2 rings (SSSR count). The Morgan fingerprint density at radius 3 is 2.75 bits per heavy atom. The van der Waals surface area contributed by atoms with Crippen LogP contribution in [0.15, 0.2) is 33.6 Å². The number of carbonyl (C=O) groups is 1. The Hall–Kier alpha value is -0.690. The van der Waals surface area contributed by atoms with Crippen LogP contribution in [0.25, 0.3) is 6.08 Å². The number of amides is 1. The average molecular weight is 372 g/mol. The lowest BCUT2D eigenvalue weighted by molar-refractivity contribution is -0.122. The molecule has 1 aliphatic heterocycles. The molecule has 1 heterocycles. The highest BCUT2D eigenvalue weighted by atomic mass is 79.9. The van der Waals surface area contributed by atoms with Crippen molar-refractivity contribution in [1.29, 1.82) is 0 Å². The van der Waals surface area contributed by atoms with Crippen LogP contribution in [0.5, 0.6) is 0 Å². The Kier molecular flexibility index (Phi) is 5.77. The van der Waals surface area contributed by atoms with Gasteiger partial charge in [0.1, 0.15) is 4.32 Å². The third-order valence-electron chi connectivity index (χ3n) is 2.77. The van der Waals surface area contributed by atoms with Gasteiger partial charge in [0.25, 0.3) is 5.91 Å². The maximum atomic E-state index is 12.3. The van der Waals surface area contributed by atoms with Gasteiger partial charge < -0.3 is 4.74 Å². The number of halogens is 1. The van der Waals surface area contributed by atoms with Gasteiger partial charge in [-0.1, -0.05) is 52.0 Å². The van der Waals surface area contributed by atoms with Gasteiger partial charge in [-0.25, -0.2) is 0 Å². The fraction of sp³-hybridized carbons (Fsp3) is 0.286. The van der Waals surface area contributed by atoms with Crippen molar-refractivity contribution < 1.29 is 9.53 Å². The van der Waals surface area contributed by atoms with Crippen molar-refractivity contribution in [2.75, 3.05) is 20.3 Å². The maximum Gasteiger partial charge on any atom is 0.266 e. The fourth-order valence-electron chi connectivity index (χ4n) is 1.77. The van der Waals surface area contributed by atoms with Crippen molar-refractivity contribution in [2.45, 2.75) is 6.42 Å². The number of thioether (sulfide) groups is 1. The SMILES string of the molecule is COCCCN1C(=O)/C(=C\c2ccc(Br)cc2)SC1=S. The molecule has 0 radical (unpaired) electrons. The standard InChI is InChI=1S/C14H14BrNO2S2/c1-18-8-2-7-16-13(17)12(20-14(16)19)9-10-3-5-11(15)6-4-10/h3-6,9H,2,7-8H2,1H3/b12-9+. The van der Waals surface area contributed by atoms with E-state index in [1.54, 1.807) is 12.0 Å². The minimum Gasteiger partial charge on any atom is -0.385 e. The summed E-state index contributed by atoms with van der Waals surface area (Å²) in [5.41, 5.74) is 0.991. The molecule has 0 aromatic heterocycles. The molecule has 1 aliphatic rings. The fourth-order valence-corrected chi connectivity index (χ4v) is 3.34. The second kappa shape index (κ2) is 7.36. The molecule has 6 heteroatoms. The van der Waals surface area contributed by atoms with Gasteiger partial charge in [0, 0.05) is 24.7 Å².